The molecule has 3 aromatic heterocycles. The number of hydrogen-bond donors (Lipinski definition) is 2. The van der Waals surface area contributed by atoms with Crippen molar-refractivity contribution in [1.82, 2.24) is 19.5 Å². The average Bonchev–Trinajstić information content (AvgIpc) is 3.06. The van der Waals surface area contributed by atoms with Crippen LogP contribution in [0.4, 0.5) is 5.95 Å². The monoisotopic (exact) mass is 289 g/mol. The highest BCUT2D eigenvalue weighted by Gasteiger charge is 2.14. The van der Waals surface area contributed by atoms with E-state index in [1.54, 1.807) is 10.6 Å². The summed E-state index contributed by atoms with van der Waals surface area (Å²) in [5, 5.41) is 0. The Hall–Kier alpha value is -3.10. The Morgan fingerprint density at radius 1 is 1.52 bits per heavy atom. The number of aromatic amines is 1. The maximum absolute atomic E-state index is 11.7. The van der Waals surface area contributed by atoms with Gasteiger partial charge in [0.15, 0.2) is 11.2 Å². The number of nitrogens with zero attached hydrogens (tertiary/aromatic N) is 3. The van der Waals surface area contributed by atoms with Gasteiger partial charge in [0, 0.05) is 0 Å². The predicted molar refractivity (Wildman–Crippen MR) is 71.7 cm³/mol. The van der Waals surface area contributed by atoms with Gasteiger partial charge >= 0.3 is 5.97 Å². The molecule has 0 atom stereocenters. The normalized spacial score (nSPS) is 10.9. The maximum atomic E-state index is 11.7. The standard InChI is InChI=1S/C12H11N5O4/c1-20-11(19)7-3-2-6(21-7)4-17-5-14-8-9(17)15-12(13)16-10(8)18/h2-3,5H,4H2,1H3,(H3,13,15,16,18). The van der Waals surface area contributed by atoms with Crippen LogP contribution in [0.1, 0.15) is 16.3 Å². The number of furan rings is 1. The Morgan fingerprint density at radius 3 is 3.10 bits per heavy atom. The second-order valence-electron chi connectivity index (χ2n) is 4.25. The molecular weight excluding hydrogens is 278 g/mol. The Labute approximate surface area is 117 Å². The zero-order chi connectivity index (χ0) is 15.0. The average molecular weight is 289 g/mol. The predicted octanol–water partition coefficient (Wildman–Crippen LogP) is 0.130. The van der Waals surface area contributed by atoms with E-state index in [0.29, 0.717) is 11.4 Å². The van der Waals surface area contributed by atoms with E-state index in [4.69, 9.17) is 10.2 Å². The molecule has 0 aliphatic carbocycles. The van der Waals surface area contributed by atoms with Gasteiger partial charge in [-0.15, -0.1) is 0 Å². The summed E-state index contributed by atoms with van der Waals surface area (Å²) in [6.45, 7) is 0.253. The van der Waals surface area contributed by atoms with Crippen molar-refractivity contribution in [3.8, 4) is 0 Å². The third kappa shape index (κ3) is 2.24. The van der Waals surface area contributed by atoms with E-state index < -0.39 is 11.5 Å². The molecule has 9 heteroatoms. The summed E-state index contributed by atoms with van der Waals surface area (Å²) in [7, 11) is 1.27. The van der Waals surface area contributed by atoms with Crippen LogP contribution < -0.4 is 11.3 Å². The number of imidazole rings is 1. The number of nitrogens with one attached hydrogen (secondary N) is 1. The summed E-state index contributed by atoms with van der Waals surface area (Å²) in [6, 6.07) is 3.14. The topological polar surface area (TPSA) is 129 Å². The molecule has 3 rings (SSSR count). The fourth-order valence-corrected chi connectivity index (χ4v) is 1.93. The molecule has 0 aliphatic heterocycles. The van der Waals surface area contributed by atoms with E-state index in [9.17, 15) is 9.59 Å². The van der Waals surface area contributed by atoms with Crippen LogP contribution in [0.2, 0.25) is 0 Å². The molecule has 0 saturated carbocycles. The number of nitrogen functional groups attached to an aromatic ring is 1. The molecule has 108 valence electrons. The number of ether oxygens (including phenoxy) is 1. The van der Waals surface area contributed by atoms with E-state index in [-0.39, 0.29) is 23.8 Å². The van der Waals surface area contributed by atoms with E-state index in [2.05, 4.69) is 19.7 Å². The van der Waals surface area contributed by atoms with Crippen molar-refractivity contribution in [2.24, 2.45) is 0 Å². The van der Waals surface area contributed by atoms with Crippen molar-refractivity contribution >= 4 is 23.1 Å². The quantitative estimate of drug-likeness (QED) is 0.655. The number of nitrogens with two attached hydrogens (primary N) is 1. The number of aromatic nitrogens is 4. The molecule has 21 heavy (non-hydrogen) atoms. The molecular formula is C12H11N5O4. The zero-order valence-corrected chi connectivity index (χ0v) is 11.0. The Bertz CT molecular complexity index is 875. The van der Waals surface area contributed by atoms with Gasteiger partial charge in [-0.25, -0.2) is 9.78 Å². The number of H-pyrrole nitrogens is 1. The summed E-state index contributed by atoms with van der Waals surface area (Å²) in [4.78, 5) is 33.4. The number of hydrogen-bond acceptors (Lipinski definition) is 7. The molecule has 0 spiro atoms. The van der Waals surface area contributed by atoms with Gasteiger partial charge in [0.25, 0.3) is 5.56 Å². The number of anilines is 1. The number of fused-ring (bicyclic) bond motifs is 1. The van der Waals surface area contributed by atoms with Gasteiger partial charge in [-0.3, -0.25) is 9.78 Å². The molecule has 0 bridgehead atoms. The van der Waals surface area contributed by atoms with Gasteiger partial charge in [0.05, 0.1) is 20.0 Å². The van der Waals surface area contributed by atoms with Crippen molar-refractivity contribution in [2.45, 2.75) is 6.54 Å². The largest absolute Gasteiger partial charge is 0.463 e. The first kappa shape index (κ1) is 12.9. The first-order chi connectivity index (χ1) is 10.1. The third-order valence-electron chi connectivity index (χ3n) is 2.87. The number of rotatable bonds is 3. The molecule has 9 nitrogen and oxygen atoms in total. The minimum absolute atomic E-state index is 0.00365. The molecule has 3 heterocycles. The number of esters is 1. The third-order valence-corrected chi connectivity index (χ3v) is 2.87. The summed E-state index contributed by atoms with van der Waals surface area (Å²) in [5.41, 5.74) is 5.63. The van der Waals surface area contributed by atoms with Crippen molar-refractivity contribution in [1.29, 1.82) is 0 Å². The molecule has 3 N–H and O–H groups in total. The van der Waals surface area contributed by atoms with Crippen LogP contribution in [-0.4, -0.2) is 32.6 Å². The van der Waals surface area contributed by atoms with Crippen molar-refractivity contribution in [3.05, 3.63) is 40.3 Å². The van der Waals surface area contributed by atoms with Gasteiger partial charge < -0.3 is 19.5 Å². The molecule has 0 saturated heterocycles. The lowest BCUT2D eigenvalue weighted by atomic mass is 10.4. The molecule has 0 aromatic carbocycles. The lowest BCUT2D eigenvalue weighted by Crippen LogP contribution is -2.12. The first-order valence-electron chi connectivity index (χ1n) is 5.96. The Morgan fingerprint density at radius 2 is 2.33 bits per heavy atom. The van der Waals surface area contributed by atoms with Gasteiger partial charge in [0.1, 0.15) is 5.76 Å². The molecule has 0 unspecified atom stereocenters. The van der Waals surface area contributed by atoms with E-state index in [1.807, 2.05) is 0 Å². The lowest BCUT2D eigenvalue weighted by Gasteiger charge is -2.01. The fraction of sp³-hybridized carbons (Fsp3) is 0.167. The van der Waals surface area contributed by atoms with Crippen LogP contribution >= 0.6 is 0 Å². The molecule has 0 amide bonds. The minimum atomic E-state index is -0.560. The smallest absolute Gasteiger partial charge is 0.373 e. The fourth-order valence-electron chi connectivity index (χ4n) is 1.93. The second-order valence-corrected chi connectivity index (χ2v) is 4.25. The van der Waals surface area contributed by atoms with Crippen molar-refractivity contribution in [2.75, 3.05) is 12.8 Å². The van der Waals surface area contributed by atoms with Crippen molar-refractivity contribution < 1.29 is 13.9 Å². The zero-order valence-electron chi connectivity index (χ0n) is 11.0. The number of methoxy groups -OCH3 is 1. The highest BCUT2D eigenvalue weighted by atomic mass is 16.5. The highest BCUT2D eigenvalue weighted by molar-refractivity contribution is 5.86. The first-order valence-corrected chi connectivity index (χ1v) is 5.96. The van der Waals surface area contributed by atoms with Crippen LogP contribution in [0.25, 0.3) is 11.2 Å². The van der Waals surface area contributed by atoms with E-state index in [0.717, 1.165) is 0 Å². The van der Waals surface area contributed by atoms with Gasteiger partial charge in [-0.05, 0) is 12.1 Å². The van der Waals surface area contributed by atoms with Crippen LogP contribution in [0.5, 0.6) is 0 Å². The van der Waals surface area contributed by atoms with Crippen molar-refractivity contribution in [3.63, 3.8) is 0 Å². The number of carbonyl (C=O) groups is 1. The lowest BCUT2D eigenvalue weighted by molar-refractivity contribution is 0.0563. The number of carbonyl (C=O) groups excluding carboxylic acids is 1. The second kappa shape index (κ2) is 4.78. The van der Waals surface area contributed by atoms with Crippen LogP contribution in [0, 0.1) is 0 Å². The van der Waals surface area contributed by atoms with Crippen LogP contribution in [0.3, 0.4) is 0 Å². The van der Waals surface area contributed by atoms with Gasteiger partial charge in [0.2, 0.25) is 11.7 Å². The molecule has 0 fully saturated rings. The summed E-state index contributed by atoms with van der Waals surface area (Å²) in [6.07, 6.45) is 1.45. The highest BCUT2D eigenvalue weighted by Crippen LogP contribution is 2.13. The minimum Gasteiger partial charge on any atom is -0.463 e. The summed E-state index contributed by atoms with van der Waals surface area (Å²) >= 11 is 0. The molecule has 3 aromatic rings. The van der Waals surface area contributed by atoms with E-state index in [1.165, 1.54) is 19.5 Å². The SMILES string of the molecule is COC(=O)c1ccc(Cn2cnc3c(=O)[nH]c(N)nc32)o1. The molecule has 0 aliphatic rings. The van der Waals surface area contributed by atoms with Gasteiger partial charge in [-0.1, -0.05) is 0 Å². The molecule has 0 radical (unpaired) electrons. The van der Waals surface area contributed by atoms with Crippen LogP contribution in [0.15, 0.2) is 27.7 Å². The Kier molecular flexibility index (Phi) is 2.94. The van der Waals surface area contributed by atoms with Crippen LogP contribution in [-0.2, 0) is 11.3 Å². The Balaban J connectivity index is 1.97. The van der Waals surface area contributed by atoms with E-state index >= 15 is 0 Å². The summed E-state index contributed by atoms with van der Waals surface area (Å²) in [5.74, 6) is 0.0390. The maximum Gasteiger partial charge on any atom is 0.373 e. The summed E-state index contributed by atoms with van der Waals surface area (Å²) < 4.78 is 11.5. The van der Waals surface area contributed by atoms with Gasteiger partial charge in [-0.2, -0.15) is 4.98 Å².